The first-order valence-electron chi connectivity index (χ1n) is 7.84. The molecule has 0 fully saturated rings. The number of nitrogens with zero attached hydrogens (tertiary/aromatic N) is 1. The molecule has 0 saturated carbocycles. The van der Waals surface area contributed by atoms with E-state index >= 15 is 0 Å². The van der Waals surface area contributed by atoms with Crippen molar-refractivity contribution in [2.45, 2.75) is 33.8 Å². The highest BCUT2D eigenvalue weighted by Crippen LogP contribution is 2.27. The van der Waals surface area contributed by atoms with Gasteiger partial charge in [0.1, 0.15) is 5.75 Å². The maximum absolute atomic E-state index is 12.3. The summed E-state index contributed by atoms with van der Waals surface area (Å²) in [4.78, 5) is 16.8. The lowest BCUT2D eigenvalue weighted by molar-refractivity contribution is -0.122. The number of amides is 1. The molecule has 5 heteroatoms. The lowest BCUT2D eigenvalue weighted by atomic mass is 10.1. The van der Waals surface area contributed by atoms with E-state index in [4.69, 9.17) is 4.74 Å². The van der Waals surface area contributed by atoms with Crippen LogP contribution >= 0.6 is 11.3 Å². The molecule has 0 aliphatic rings. The van der Waals surface area contributed by atoms with E-state index in [1.54, 1.807) is 6.92 Å². The smallest absolute Gasteiger partial charge is 0.266 e. The van der Waals surface area contributed by atoms with Gasteiger partial charge in [-0.1, -0.05) is 23.5 Å². The van der Waals surface area contributed by atoms with Crippen LogP contribution in [0.25, 0.3) is 10.2 Å². The lowest BCUT2D eigenvalue weighted by Crippen LogP contribution is -2.30. The van der Waals surface area contributed by atoms with Gasteiger partial charge < -0.3 is 4.74 Å². The van der Waals surface area contributed by atoms with E-state index in [1.807, 2.05) is 51.1 Å². The minimum Gasteiger partial charge on any atom is -0.481 e. The van der Waals surface area contributed by atoms with Crippen LogP contribution in [0.3, 0.4) is 0 Å². The number of benzene rings is 2. The SMILES string of the molecule is Cc1ccc2nc(NC(=O)C(C)Oc3ccc(C)c(C)c3)sc2c1. The summed E-state index contributed by atoms with van der Waals surface area (Å²) in [7, 11) is 0. The van der Waals surface area contributed by atoms with Crippen molar-refractivity contribution in [1.82, 2.24) is 4.98 Å². The van der Waals surface area contributed by atoms with Gasteiger partial charge in [-0.3, -0.25) is 10.1 Å². The van der Waals surface area contributed by atoms with Crippen molar-refractivity contribution in [1.29, 1.82) is 0 Å². The van der Waals surface area contributed by atoms with Crippen LogP contribution in [0.1, 0.15) is 23.6 Å². The highest BCUT2D eigenvalue weighted by Gasteiger charge is 2.17. The second-order valence-electron chi connectivity index (χ2n) is 5.99. The topological polar surface area (TPSA) is 51.2 Å². The van der Waals surface area contributed by atoms with Crippen molar-refractivity contribution in [2.24, 2.45) is 0 Å². The second kappa shape index (κ2) is 6.61. The summed E-state index contributed by atoms with van der Waals surface area (Å²) in [6.07, 6.45) is -0.596. The van der Waals surface area contributed by atoms with E-state index in [2.05, 4.69) is 16.4 Å². The van der Waals surface area contributed by atoms with Crippen LogP contribution < -0.4 is 10.1 Å². The molecule has 2 aromatic carbocycles. The molecule has 1 unspecified atom stereocenters. The van der Waals surface area contributed by atoms with Crippen LogP contribution in [0.5, 0.6) is 5.75 Å². The zero-order chi connectivity index (χ0) is 17.3. The summed E-state index contributed by atoms with van der Waals surface area (Å²) in [5.74, 6) is 0.490. The van der Waals surface area contributed by atoms with E-state index in [9.17, 15) is 4.79 Å². The molecule has 124 valence electrons. The van der Waals surface area contributed by atoms with Gasteiger partial charge in [0, 0.05) is 0 Å². The quantitative estimate of drug-likeness (QED) is 0.753. The van der Waals surface area contributed by atoms with E-state index in [0.29, 0.717) is 10.9 Å². The minimum absolute atomic E-state index is 0.205. The van der Waals surface area contributed by atoms with Crippen LogP contribution in [0.4, 0.5) is 5.13 Å². The Labute approximate surface area is 145 Å². The van der Waals surface area contributed by atoms with Crippen molar-refractivity contribution in [3.63, 3.8) is 0 Å². The van der Waals surface area contributed by atoms with E-state index < -0.39 is 6.10 Å². The van der Waals surface area contributed by atoms with Crippen LogP contribution in [0, 0.1) is 20.8 Å². The summed E-state index contributed by atoms with van der Waals surface area (Å²) >= 11 is 1.47. The van der Waals surface area contributed by atoms with Gasteiger partial charge in [-0.15, -0.1) is 0 Å². The third kappa shape index (κ3) is 3.57. The fourth-order valence-corrected chi connectivity index (χ4v) is 3.30. The molecule has 1 aromatic heterocycles. The molecule has 24 heavy (non-hydrogen) atoms. The normalized spacial score (nSPS) is 12.2. The number of anilines is 1. The molecule has 0 radical (unpaired) electrons. The van der Waals surface area contributed by atoms with Gasteiger partial charge in [-0.25, -0.2) is 4.98 Å². The number of aromatic nitrogens is 1. The predicted octanol–water partition coefficient (Wildman–Crippen LogP) is 4.63. The molecule has 1 atom stereocenters. The maximum Gasteiger partial charge on any atom is 0.266 e. The number of hydrogen-bond acceptors (Lipinski definition) is 4. The Morgan fingerprint density at radius 1 is 1.12 bits per heavy atom. The first kappa shape index (κ1) is 16.5. The van der Waals surface area contributed by atoms with Gasteiger partial charge in [0.2, 0.25) is 0 Å². The Kier molecular flexibility index (Phi) is 4.53. The summed E-state index contributed by atoms with van der Waals surface area (Å²) < 4.78 is 6.81. The largest absolute Gasteiger partial charge is 0.481 e. The number of carbonyl (C=O) groups is 1. The van der Waals surface area contributed by atoms with Crippen LogP contribution in [0.15, 0.2) is 36.4 Å². The number of rotatable bonds is 4. The van der Waals surface area contributed by atoms with E-state index in [1.165, 1.54) is 22.5 Å². The van der Waals surface area contributed by atoms with Crippen molar-refractivity contribution in [3.8, 4) is 5.75 Å². The Balaban J connectivity index is 1.69. The molecule has 1 N–H and O–H groups in total. The molecule has 1 heterocycles. The Bertz CT molecular complexity index is 902. The molecule has 0 spiro atoms. The second-order valence-corrected chi connectivity index (χ2v) is 7.02. The molecular formula is C19H20N2O2S. The van der Waals surface area contributed by atoms with Crippen molar-refractivity contribution < 1.29 is 9.53 Å². The molecule has 0 bridgehead atoms. The molecule has 3 rings (SSSR count). The fourth-order valence-electron chi connectivity index (χ4n) is 2.34. The molecule has 0 aliphatic heterocycles. The number of thiazole rings is 1. The molecule has 0 saturated heterocycles. The van der Waals surface area contributed by atoms with Gasteiger partial charge >= 0.3 is 0 Å². The Morgan fingerprint density at radius 3 is 2.67 bits per heavy atom. The third-order valence-corrected chi connectivity index (χ3v) is 4.87. The van der Waals surface area contributed by atoms with Crippen LogP contribution in [0.2, 0.25) is 0 Å². The van der Waals surface area contributed by atoms with Gasteiger partial charge in [0.05, 0.1) is 10.2 Å². The average molecular weight is 340 g/mol. The number of carbonyl (C=O) groups excluding carboxylic acids is 1. The van der Waals surface area contributed by atoms with Gasteiger partial charge in [0.25, 0.3) is 5.91 Å². The molecular weight excluding hydrogens is 320 g/mol. The van der Waals surface area contributed by atoms with Crippen molar-refractivity contribution in [3.05, 3.63) is 53.1 Å². The Morgan fingerprint density at radius 2 is 1.92 bits per heavy atom. The first-order valence-corrected chi connectivity index (χ1v) is 8.66. The monoisotopic (exact) mass is 340 g/mol. The number of nitrogens with one attached hydrogen (secondary N) is 1. The summed E-state index contributed by atoms with van der Waals surface area (Å²) in [6.45, 7) is 7.85. The molecule has 4 nitrogen and oxygen atoms in total. The number of ether oxygens (including phenoxy) is 1. The maximum atomic E-state index is 12.3. The molecule has 1 amide bonds. The highest BCUT2D eigenvalue weighted by atomic mass is 32.1. The van der Waals surface area contributed by atoms with Crippen LogP contribution in [-0.4, -0.2) is 17.0 Å². The van der Waals surface area contributed by atoms with E-state index in [0.717, 1.165) is 15.8 Å². The lowest BCUT2D eigenvalue weighted by Gasteiger charge is -2.14. The Hall–Kier alpha value is -2.40. The summed E-state index contributed by atoms with van der Waals surface area (Å²) in [6, 6.07) is 11.9. The number of hydrogen-bond donors (Lipinski definition) is 1. The molecule has 3 aromatic rings. The van der Waals surface area contributed by atoms with Crippen LogP contribution in [-0.2, 0) is 4.79 Å². The zero-order valence-corrected chi connectivity index (χ0v) is 15.0. The standard InChI is InChI=1S/C19H20N2O2S/c1-11-5-8-16-17(9-11)24-19(20-16)21-18(22)14(4)23-15-7-6-12(2)13(3)10-15/h5-10,14H,1-4H3,(H,20,21,22). The van der Waals surface area contributed by atoms with Gasteiger partial charge in [-0.2, -0.15) is 0 Å². The average Bonchev–Trinajstić information content (AvgIpc) is 2.92. The van der Waals surface area contributed by atoms with E-state index in [-0.39, 0.29) is 5.91 Å². The van der Waals surface area contributed by atoms with Crippen molar-refractivity contribution >= 4 is 32.6 Å². The third-order valence-electron chi connectivity index (χ3n) is 3.93. The first-order chi connectivity index (χ1) is 11.4. The minimum atomic E-state index is -0.596. The van der Waals surface area contributed by atoms with Gasteiger partial charge in [-0.05, 0) is 68.7 Å². The molecule has 0 aliphatic carbocycles. The summed E-state index contributed by atoms with van der Waals surface area (Å²) in [5, 5.41) is 3.43. The number of aryl methyl sites for hydroxylation is 3. The predicted molar refractivity (Wildman–Crippen MR) is 99.0 cm³/mol. The zero-order valence-electron chi connectivity index (χ0n) is 14.2. The van der Waals surface area contributed by atoms with Crippen molar-refractivity contribution in [2.75, 3.05) is 5.32 Å². The van der Waals surface area contributed by atoms with Gasteiger partial charge in [0.15, 0.2) is 11.2 Å². The fraction of sp³-hybridized carbons (Fsp3) is 0.263. The summed E-state index contributed by atoms with van der Waals surface area (Å²) in [5.41, 5.74) is 4.41. The number of fused-ring (bicyclic) bond motifs is 1. The highest BCUT2D eigenvalue weighted by molar-refractivity contribution is 7.22.